The molecule has 0 fully saturated rings. The number of ketones is 1. The summed E-state index contributed by atoms with van der Waals surface area (Å²) in [7, 11) is 0. The highest BCUT2D eigenvalue weighted by molar-refractivity contribution is 6.31. The van der Waals surface area contributed by atoms with Crippen molar-refractivity contribution in [2.75, 3.05) is 0 Å². The van der Waals surface area contributed by atoms with E-state index in [9.17, 15) is 9.90 Å². The van der Waals surface area contributed by atoms with E-state index in [-0.39, 0.29) is 27.7 Å². The number of carbonyl (C=O) groups excluding carboxylic acids is 1. The van der Waals surface area contributed by atoms with Gasteiger partial charge in [-0.2, -0.15) is 0 Å². The van der Waals surface area contributed by atoms with Crippen molar-refractivity contribution in [3.05, 3.63) is 106 Å². The Morgan fingerprint density at radius 2 is 1.74 bits per heavy atom. The third kappa shape index (κ3) is 5.00. The summed E-state index contributed by atoms with van der Waals surface area (Å²) >= 11 is 6.16. The molecule has 5 aromatic rings. The number of aromatic amines is 1. The van der Waals surface area contributed by atoms with Gasteiger partial charge in [0.2, 0.25) is 0 Å². The molecule has 2 heterocycles. The number of nitrogens with zero attached hydrogens (tertiary/aromatic N) is 4. The van der Waals surface area contributed by atoms with Gasteiger partial charge in [0.05, 0.1) is 22.3 Å². The summed E-state index contributed by atoms with van der Waals surface area (Å²) in [6.07, 6.45) is 6.99. The fraction of sp³-hybridized carbons (Fsp3) is 0. The second kappa shape index (κ2) is 9.70. The van der Waals surface area contributed by atoms with Crippen LogP contribution in [-0.2, 0) is 0 Å². The molecular formula is C27H18ClN5O2. The highest BCUT2D eigenvalue weighted by Gasteiger charge is 2.17. The molecule has 5 rings (SSSR count). The van der Waals surface area contributed by atoms with Crippen molar-refractivity contribution >= 4 is 46.5 Å². The van der Waals surface area contributed by atoms with Gasteiger partial charge in [-0.1, -0.05) is 66.2 Å². The fourth-order valence-electron chi connectivity index (χ4n) is 3.63. The van der Waals surface area contributed by atoms with Crippen LogP contribution >= 0.6 is 11.6 Å². The number of rotatable bonds is 6. The van der Waals surface area contributed by atoms with Crippen LogP contribution in [0, 0.1) is 0 Å². The van der Waals surface area contributed by atoms with Gasteiger partial charge in [0.15, 0.2) is 11.6 Å². The van der Waals surface area contributed by atoms with E-state index in [2.05, 4.69) is 25.6 Å². The van der Waals surface area contributed by atoms with Crippen LogP contribution in [0.5, 0.6) is 5.75 Å². The minimum atomic E-state index is -0.403. The molecule has 35 heavy (non-hydrogen) atoms. The van der Waals surface area contributed by atoms with E-state index < -0.39 is 5.78 Å². The van der Waals surface area contributed by atoms with E-state index in [0.717, 1.165) is 27.7 Å². The molecule has 0 radical (unpaired) electrons. The minimum absolute atomic E-state index is 0.0542. The zero-order valence-electron chi connectivity index (χ0n) is 18.3. The number of aromatic hydroxyl groups is 1. The van der Waals surface area contributed by atoms with Gasteiger partial charge in [-0.3, -0.25) is 4.79 Å². The molecule has 0 atom stereocenters. The molecule has 0 saturated heterocycles. The van der Waals surface area contributed by atoms with Crippen LogP contribution in [0.2, 0.25) is 5.02 Å². The maximum atomic E-state index is 12.8. The van der Waals surface area contributed by atoms with Crippen LogP contribution < -0.4 is 0 Å². The number of carbonyl (C=O) groups is 1. The van der Waals surface area contributed by atoms with Gasteiger partial charge < -0.3 is 5.11 Å². The molecule has 0 aliphatic heterocycles. The number of pyridine rings is 1. The largest absolute Gasteiger partial charge is 0.506 e. The molecule has 2 N–H and O–H groups in total. The lowest BCUT2D eigenvalue weighted by Crippen LogP contribution is -1.97. The molecule has 0 saturated carbocycles. The van der Waals surface area contributed by atoms with Crippen molar-refractivity contribution in [3.63, 3.8) is 0 Å². The Morgan fingerprint density at radius 3 is 2.57 bits per heavy atom. The number of benzene rings is 3. The number of H-pyrrole nitrogens is 1. The molecule has 8 heteroatoms. The van der Waals surface area contributed by atoms with Crippen molar-refractivity contribution in [2.45, 2.75) is 0 Å². The first-order valence-corrected chi connectivity index (χ1v) is 11.1. The number of aromatic nitrogens is 5. The minimum Gasteiger partial charge on any atom is -0.506 e. The smallest absolute Gasteiger partial charge is 0.189 e. The predicted octanol–water partition coefficient (Wildman–Crippen LogP) is 5.84. The maximum Gasteiger partial charge on any atom is 0.189 e. The number of nitrogens with one attached hydrogen (secondary N) is 1. The standard InChI is InChI=1S/C27H18ClN5O2/c28-20-15-22(26(35)23(16-20)27-30-32-33-31-27)25(34)13-9-18-5-3-4-17(14-18)8-11-21-12-10-19-6-1-2-7-24(19)29-21/h1-16,35H,(H,30,31,32,33)/b11-8+,13-9+. The van der Waals surface area contributed by atoms with Crippen LogP contribution in [0.4, 0.5) is 0 Å². The van der Waals surface area contributed by atoms with Crippen molar-refractivity contribution in [1.82, 2.24) is 25.6 Å². The molecular weight excluding hydrogens is 462 g/mol. The molecule has 0 aliphatic rings. The fourth-order valence-corrected chi connectivity index (χ4v) is 3.84. The molecule has 0 amide bonds. The Balaban J connectivity index is 1.35. The summed E-state index contributed by atoms with van der Waals surface area (Å²) in [5, 5.41) is 25.3. The van der Waals surface area contributed by atoms with Crippen molar-refractivity contribution < 1.29 is 9.90 Å². The van der Waals surface area contributed by atoms with Crippen molar-refractivity contribution in [3.8, 4) is 17.1 Å². The SMILES string of the molecule is O=C(/C=C/c1cccc(/C=C/c2ccc3ccccc3n2)c1)c1cc(Cl)cc(-c2nnn[nH]2)c1O. The number of hydrogen-bond donors (Lipinski definition) is 2. The van der Waals surface area contributed by atoms with E-state index in [1.807, 2.05) is 72.8 Å². The number of allylic oxidation sites excluding steroid dienone is 1. The van der Waals surface area contributed by atoms with E-state index in [4.69, 9.17) is 11.6 Å². The lowest BCUT2D eigenvalue weighted by atomic mass is 10.0. The zero-order chi connectivity index (χ0) is 24.2. The average Bonchev–Trinajstić information content (AvgIpc) is 3.42. The van der Waals surface area contributed by atoms with Crippen LogP contribution in [0.1, 0.15) is 27.2 Å². The van der Waals surface area contributed by atoms with Gasteiger partial charge in [-0.25, -0.2) is 10.1 Å². The average molecular weight is 480 g/mol. The Kier molecular flexibility index (Phi) is 6.15. The van der Waals surface area contributed by atoms with Crippen LogP contribution in [0.3, 0.4) is 0 Å². The topological polar surface area (TPSA) is 105 Å². The normalized spacial score (nSPS) is 11.6. The Hall–Kier alpha value is -4.62. The quantitative estimate of drug-likeness (QED) is 0.234. The first kappa shape index (κ1) is 22.2. The van der Waals surface area contributed by atoms with Crippen LogP contribution in [0.25, 0.3) is 40.5 Å². The number of hydrogen-bond acceptors (Lipinski definition) is 6. The Bertz CT molecular complexity index is 1590. The van der Waals surface area contributed by atoms with E-state index in [1.54, 1.807) is 6.08 Å². The van der Waals surface area contributed by atoms with E-state index >= 15 is 0 Å². The van der Waals surface area contributed by atoms with Crippen LogP contribution in [-0.4, -0.2) is 36.5 Å². The van der Waals surface area contributed by atoms with Gasteiger partial charge in [-0.15, -0.1) is 5.10 Å². The van der Waals surface area contributed by atoms with Crippen molar-refractivity contribution in [2.24, 2.45) is 0 Å². The second-order valence-electron chi connectivity index (χ2n) is 7.73. The molecule has 0 bridgehead atoms. The summed E-state index contributed by atoms with van der Waals surface area (Å²) < 4.78 is 0. The van der Waals surface area contributed by atoms with Crippen LogP contribution in [0.15, 0.2) is 78.9 Å². The summed E-state index contributed by atoms with van der Waals surface area (Å²) in [4.78, 5) is 17.5. The number of phenolic OH excluding ortho intramolecular Hbond substituents is 1. The third-order valence-corrected chi connectivity index (χ3v) is 5.56. The first-order chi connectivity index (χ1) is 17.1. The van der Waals surface area contributed by atoms with E-state index in [0.29, 0.717) is 0 Å². The van der Waals surface area contributed by atoms with Gasteiger partial charge >= 0.3 is 0 Å². The molecule has 3 aromatic carbocycles. The second-order valence-corrected chi connectivity index (χ2v) is 8.17. The number of phenols is 1. The molecule has 170 valence electrons. The Morgan fingerprint density at radius 1 is 0.914 bits per heavy atom. The van der Waals surface area contributed by atoms with Gasteiger partial charge in [0.25, 0.3) is 0 Å². The highest BCUT2D eigenvalue weighted by atomic mass is 35.5. The molecule has 7 nitrogen and oxygen atoms in total. The molecule has 0 unspecified atom stereocenters. The number of halogens is 1. The van der Waals surface area contributed by atoms with Gasteiger partial charge in [0.1, 0.15) is 5.75 Å². The lowest BCUT2D eigenvalue weighted by Gasteiger charge is -2.06. The van der Waals surface area contributed by atoms with Gasteiger partial charge in [-0.05, 0) is 64.0 Å². The molecule has 0 spiro atoms. The first-order valence-electron chi connectivity index (χ1n) is 10.7. The highest BCUT2D eigenvalue weighted by Crippen LogP contribution is 2.33. The molecule has 0 aliphatic carbocycles. The van der Waals surface area contributed by atoms with Crippen molar-refractivity contribution in [1.29, 1.82) is 0 Å². The zero-order valence-corrected chi connectivity index (χ0v) is 19.0. The van der Waals surface area contributed by atoms with Gasteiger partial charge in [0, 0.05) is 10.4 Å². The predicted molar refractivity (Wildman–Crippen MR) is 137 cm³/mol. The number of tetrazole rings is 1. The monoisotopic (exact) mass is 479 g/mol. The number of para-hydroxylation sites is 1. The summed E-state index contributed by atoms with van der Waals surface area (Å²) in [6.45, 7) is 0. The van der Waals surface area contributed by atoms with E-state index in [1.165, 1.54) is 18.2 Å². The Labute approximate surface area is 205 Å². The summed E-state index contributed by atoms with van der Waals surface area (Å²) in [5.41, 5.74) is 3.88. The molecule has 2 aromatic heterocycles. The maximum absolute atomic E-state index is 12.8. The summed E-state index contributed by atoms with van der Waals surface area (Å²) in [5.74, 6) is -0.439. The lowest BCUT2D eigenvalue weighted by molar-refractivity contribution is 0.104. The third-order valence-electron chi connectivity index (χ3n) is 5.34. The number of fused-ring (bicyclic) bond motifs is 1. The summed E-state index contributed by atoms with van der Waals surface area (Å²) in [6, 6.07) is 22.6.